The number of hydrogen-bond acceptors (Lipinski definition) is 5. The summed E-state index contributed by atoms with van der Waals surface area (Å²) in [6, 6.07) is 14.8. The molecule has 2 N–H and O–H groups in total. The Labute approximate surface area is 196 Å². The summed E-state index contributed by atoms with van der Waals surface area (Å²) in [5, 5.41) is 13.5. The van der Waals surface area contributed by atoms with Crippen LogP contribution < -0.4 is 14.8 Å². The molecule has 0 aromatic heterocycles. The molecule has 2 fully saturated rings. The van der Waals surface area contributed by atoms with Gasteiger partial charge in [-0.15, -0.1) is 0 Å². The summed E-state index contributed by atoms with van der Waals surface area (Å²) < 4.78 is 10.8. The van der Waals surface area contributed by atoms with Crippen LogP contribution in [0.2, 0.25) is 0 Å². The third-order valence-electron chi connectivity index (χ3n) is 7.17. The average Bonchev–Trinajstić information content (AvgIpc) is 3.32. The Hall–Kier alpha value is -2.57. The van der Waals surface area contributed by atoms with Crippen LogP contribution >= 0.6 is 0 Å². The smallest absolute Gasteiger partial charge is 0.253 e. The first-order chi connectivity index (χ1) is 16.0. The van der Waals surface area contributed by atoms with Crippen molar-refractivity contribution >= 4 is 5.91 Å². The van der Waals surface area contributed by atoms with Crippen molar-refractivity contribution in [3.05, 3.63) is 59.2 Å². The lowest BCUT2D eigenvalue weighted by molar-refractivity contribution is 0.0546. The van der Waals surface area contributed by atoms with Crippen LogP contribution in [0.15, 0.2) is 42.5 Å². The van der Waals surface area contributed by atoms with Crippen molar-refractivity contribution in [2.24, 2.45) is 0 Å². The molecule has 0 spiro atoms. The van der Waals surface area contributed by atoms with Gasteiger partial charge in [0, 0.05) is 36.8 Å². The van der Waals surface area contributed by atoms with Crippen molar-refractivity contribution in [3.63, 3.8) is 0 Å². The number of nitrogens with one attached hydrogen (secondary N) is 1. The SMILES string of the molecule is COc1cc(OC)cc([C@@H](C)NC2CC[C@H](c3ccc(C(=O)N4CCC(O)CC4)cc3)C2)c1. The third kappa shape index (κ3) is 5.68. The van der Waals surface area contributed by atoms with E-state index in [-0.39, 0.29) is 18.1 Å². The number of carbonyl (C=O) groups excluding carboxylic acids is 1. The summed E-state index contributed by atoms with van der Waals surface area (Å²) in [7, 11) is 3.35. The van der Waals surface area contributed by atoms with Crippen LogP contribution in [0.25, 0.3) is 0 Å². The highest BCUT2D eigenvalue weighted by Gasteiger charge is 2.28. The van der Waals surface area contributed by atoms with Crippen LogP contribution in [0.1, 0.15) is 72.5 Å². The fourth-order valence-corrected chi connectivity index (χ4v) is 5.11. The van der Waals surface area contributed by atoms with Crippen molar-refractivity contribution < 1.29 is 19.4 Å². The first-order valence-corrected chi connectivity index (χ1v) is 12.0. The molecule has 1 aliphatic heterocycles. The molecule has 3 atom stereocenters. The number of ether oxygens (including phenoxy) is 2. The fourth-order valence-electron chi connectivity index (χ4n) is 5.11. The van der Waals surface area contributed by atoms with E-state index in [0.29, 0.717) is 37.9 Å². The molecule has 1 saturated heterocycles. The van der Waals surface area contributed by atoms with Gasteiger partial charge in [0.25, 0.3) is 5.91 Å². The Kier molecular flexibility index (Phi) is 7.56. The molecule has 2 aliphatic rings. The van der Waals surface area contributed by atoms with E-state index in [1.807, 2.05) is 23.1 Å². The highest BCUT2D eigenvalue weighted by molar-refractivity contribution is 5.94. The molecule has 1 amide bonds. The van der Waals surface area contributed by atoms with Crippen molar-refractivity contribution in [2.75, 3.05) is 27.3 Å². The van der Waals surface area contributed by atoms with E-state index in [4.69, 9.17) is 9.47 Å². The number of aliphatic hydroxyl groups excluding tert-OH is 1. The van der Waals surface area contributed by atoms with E-state index >= 15 is 0 Å². The number of carbonyl (C=O) groups is 1. The van der Waals surface area contributed by atoms with Gasteiger partial charge in [-0.2, -0.15) is 0 Å². The predicted octanol–water partition coefficient (Wildman–Crippen LogP) is 4.29. The van der Waals surface area contributed by atoms with Gasteiger partial charge < -0.3 is 24.8 Å². The molecule has 0 radical (unpaired) electrons. The summed E-state index contributed by atoms with van der Waals surface area (Å²) in [5.74, 6) is 2.18. The highest BCUT2D eigenvalue weighted by atomic mass is 16.5. The van der Waals surface area contributed by atoms with Crippen molar-refractivity contribution in [1.82, 2.24) is 10.2 Å². The molecular formula is C27H36N2O4. The van der Waals surface area contributed by atoms with Gasteiger partial charge in [0.15, 0.2) is 0 Å². The quantitative estimate of drug-likeness (QED) is 0.656. The van der Waals surface area contributed by atoms with Crippen LogP contribution in [-0.4, -0.2) is 55.4 Å². The molecule has 0 bridgehead atoms. The van der Waals surface area contributed by atoms with E-state index < -0.39 is 0 Å². The van der Waals surface area contributed by atoms with E-state index in [0.717, 1.165) is 41.9 Å². The summed E-state index contributed by atoms with van der Waals surface area (Å²) >= 11 is 0. The lowest BCUT2D eigenvalue weighted by Crippen LogP contribution is -2.40. The minimum Gasteiger partial charge on any atom is -0.497 e. The van der Waals surface area contributed by atoms with Gasteiger partial charge in [0.1, 0.15) is 11.5 Å². The second-order valence-corrected chi connectivity index (χ2v) is 9.39. The minimum atomic E-state index is -0.269. The number of rotatable bonds is 7. The fraction of sp³-hybridized carbons (Fsp3) is 0.519. The van der Waals surface area contributed by atoms with Crippen LogP contribution in [0.5, 0.6) is 11.5 Å². The zero-order chi connectivity index (χ0) is 23.4. The first-order valence-electron chi connectivity index (χ1n) is 12.0. The topological polar surface area (TPSA) is 71.0 Å². The number of aliphatic hydroxyl groups is 1. The zero-order valence-corrected chi connectivity index (χ0v) is 19.9. The van der Waals surface area contributed by atoms with E-state index in [1.54, 1.807) is 14.2 Å². The van der Waals surface area contributed by atoms with Gasteiger partial charge >= 0.3 is 0 Å². The molecule has 33 heavy (non-hydrogen) atoms. The summed E-state index contributed by atoms with van der Waals surface area (Å²) in [6.45, 7) is 3.45. The Bertz CT molecular complexity index is 915. The van der Waals surface area contributed by atoms with Crippen molar-refractivity contribution in [3.8, 4) is 11.5 Å². The normalized spacial score (nSPS) is 22.2. The molecule has 1 aliphatic carbocycles. The molecule has 6 heteroatoms. The third-order valence-corrected chi connectivity index (χ3v) is 7.17. The van der Waals surface area contributed by atoms with E-state index in [1.165, 1.54) is 5.56 Å². The van der Waals surface area contributed by atoms with Crippen molar-refractivity contribution in [2.45, 2.75) is 63.1 Å². The number of likely N-dealkylation sites (tertiary alicyclic amines) is 1. The molecule has 6 nitrogen and oxygen atoms in total. The Morgan fingerprint density at radius 1 is 1.00 bits per heavy atom. The molecular weight excluding hydrogens is 416 g/mol. The predicted molar refractivity (Wildman–Crippen MR) is 129 cm³/mol. The van der Waals surface area contributed by atoms with E-state index in [2.05, 4.69) is 36.5 Å². The Morgan fingerprint density at radius 2 is 1.64 bits per heavy atom. The molecule has 1 heterocycles. The second-order valence-electron chi connectivity index (χ2n) is 9.39. The maximum absolute atomic E-state index is 12.8. The molecule has 2 aromatic carbocycles. The lowest BCUT2D eigenvalue weighted by Gasteiger charge is -2.29. The lowest BCUT2D eigenvalue weighted by atomic mass is 9.96. The largest absolute Gasteiger partial charge is 0.497 e. The number of amides is 1. The van der Waals surface area contributed by atoms with Crippen molar-refractivity contribution in [1.29, 1.82) is 0 Å². The highest BCUT2D eigenvalue weighted by Crippen LogP contribution is 2.36. The maximum Gasteiger partial charge on any atom is 0.253 e. The molecule has 2 aromatic rings. The van der Waals surface area contributed by atoms with Crippen LogP contribution in [0.4, 0.5) is 0 Å². The first kappa shape index (κ1) is 23.6. The average molecular weight is 453 g/mol. The van der Waals surface area contributed by atoms with Crippen LogP contribution in [0, 0.1) is 0 Å². The Morgan fingerprint density at radius 3 is 2.24 bits per heavy atom. The van der Waals surface area contributed by atoms with Gasteiger partial charge in [-0.25, -0.2) is 0 Å². The number of piperidine rings is 1. The van der Waals surface area contributed by atoms with Gasteiger partial charge in [0.2, 0.25) is 0 Å². The van der Waals surface area contributed by atoms with Gasteiger partial charge in [-0.3, -0.25) is 4.79 Å². The number of benzene rings is 2. The van der Waals surface area contributed by atoms with E-state index in [9.17, 15) is 9.90 Å². The second kappa shape index (κ2) is 10.6. The molecule has 178 valence electrons. The number of nitrogens with zero attached hydrogens (tertiary/aromatic N) is 1. The summed E-state index contributed by atoms with van der Waals surface area (Å²) in [5.41, 5.74) is 3.20. The standard InChI is InChI=1S/C27H36N2O4/c1-18(22-15-25(32-2)17-26(16-22)33-3)28-23-9-8-21(14-23)19-4-6-20(7-5-19)27(31)29-12-10-24(30)11-13-29/h4-7,15-18,21,23-24,28,30H,8-14H2,1-3H3/t18-,21+,23?/m1/s1. The van der Waals surface area contributed by atoms with Gasteiger partial charge in [0.05, 0.1) is 20.3 Å². The van der Waals surface area contributed by atoms with Crippen LogP contribution in [-0.2, 0) is 0 Å². The molecule has 4 rings (SSSR count). The van der Waals surface area contributed by atoms with Gasteiger partial charge in [-0.1, -0.05) is 12.1 Å². The molecule has 1 saturated carbocycles. The number of hydrogen-bond donors (Lipinski definition) is 2. The maximum atomic E-state index is 12.8. The van der Waals surface area contributed by atoms with Crippen LogP contribution in [0.3, 0.4) is 0 Å². The molecule has 1 unspecified atom stereocenters. The summed E-state index contributed by atoms with van der Waals surface area (Å²) in [4.78, 5) is 14.6. The summed E-state index contributed by atoms with van der Waals surface area (Å²) in [6.07, 6.45) is 4.43. The Balaban J connectivity index is 1.34. The van der Waals surface area contributed by atoms with Gasteiger partial charge in [-0.05, 0) is 80.3 Å². The zero-order valence-electron chi connectivity index (χ0n) is 19.9. The minimum absolute atomic E-state index is 0.0713. The number of methoxy groups -OCH3 is 2. The monoisotopic (exact) mass is 452 g/mol.